The number of primary amides is 1. The standard InChI is InChI=1S/C10H14N2O/c11-10(13)12-6-5-8-3-1-2-4-9(8)7-12/h1-2,4,8H,3,5-7H2,(H2,11,13). The van der Waals surface area contributed by atoms with Gasteiger partial charge in [-0.15, -0.1) is 0 Å². The summed E-state index contributed by atoms with van der Waals surface area (Å²) in [6.07, 6.45) is 8.55. The Morgan fingerprint density at radius 2 is 2.46 bits per heavy atom. The van der Waals surface area contributed by atoms with Crippen LogP contribution in [0, 0.1) is 5.92 Å². The second-order valence-electron chi connectivity index (χ2n) is 3.65. The molecule has 0 saturated carbocycles. The molecule has 3 nitrogen and oxygen atoms in total. The number of hydrogen-bond acceptors (Lipinski definition) is 1. The lowest BCUT2D eigenvalue weighted by Gasteiger charge is -2.33. The van der Waals surface area contributed by atoms with E-state index < -0.39 is 0 Å². The summed E-state index contributed by atoms with van der Waals surface area (Å²) in [5, 5.41) is 0. The van der Waals surface area contributed by atoms with Crippen LogP contribution in [0.2, 0.25) is 0 Å². The molecule has 0 aromatic heterocycles. The highest BCUT2D eigenvalue weighted by atomic mass is 16.2. The Labute approximate surface area is 77.9 Å². The molecule has 2 aliphatic rings. The highest BCUT2D eigenvalue weighted by Gasteiger charge is 2.25. The van der Waals surface area contributed by atoms with Crippen molar-refractivity contribution in [3.8, 4) is 0 Å². The molecule has 1 saturated heterocycles. The van der Waals surface area contributed by atoms with Gasteiger partial charge in [0.15, 0.2) is 0 Å². The van der Waals surface area contributed by atoms with Crippen LogP contribution in [0.25, 0.3) is 0 Å². The predicted octanol–water partition coefficient (Wildman–Crippen LogP) is 1.27. The van der Waals surface area contributed by atoms with Gasteiger partial charge in [0, 0.05) is 13.1 Å². The van der Waals surface area contributed by atoms with Crippen molar-refractivity contribution in [2.45, 2.75) is 12.8 Å². The van der Waals surface area contributed by atoms with E-state index in [2.05, 4.69) is 18.2 Å². The van der Waals surface area contributed by atoms with Crippen molar-refractivity contribution in [2.24, 2.45) is 11.7 Å². The van der Waals surface area contributed by atoms with E-state index in [0.717, 1.165) is 25.9 Å². The van der Waals surface area contributed by atoms with Gasteiger partial charge in [-0.1, -0.05) is 18.2 Å². The predicted molar refractivity (Wildman–Crippen MR) is 51.1 cm³/mol. The first-order valence-electron chi connectivity index (χ1n) is 4.67. The minimum Gasteiger partial charge on any atom is -0.351 e. The number of carbonyl (C=O) groups excluding carboxylic acids is 1. The molecule has 0 radical (unpaired) electrons. The van der Waals surface area contributed by atoms with Crippen LogP contribution < -0.4 is 5.73 Å². The van der Waals surface area contributed by atoms with Crippen molar-refractivity contribution in [1.82, 2.24) is 4.90 Å². The molecule has 1 atom stereocenters. The van der Waals surface area contributed by atoms with Gasteiger partial charge in [-0.25, -0.2) is 4.79 Å². The van der Waals surface area contributed by atoms with Crippen molar-refractivity contribution >= 4 is 6.03 Å². The Balaban J connectivity index is 2.09. The fourth-order valence-electron chi connectivity index (χ4n) is 2.01. The molecule has 2 rings (SSSR count). The average molecular weight is 178 g/mol. The van der Waals surface area contributed by atoms with Gasteiger partial charge in [-0.3, -0.25) is 0 Å². The summed E-state index contributed by atoms with van der Waals surface area (Å²) < 4.78 is 0. The maximum absolute atomic E-state index is 10.9. The monoisotopic (exact) mass is 178 g/mol. The topological polar surface area (TPSA) is 46.3 Å². The Morgan fingerprint density at radius 1 is 1.62 bits per heavy atom. The third kappa shape index (κ3) is 1.59. The lowest BCUT2D eigenvalue weighted by atomic mass is 9.85. The number of allylic oxidation sites excluding steroid dienone is 3. The second kappa shape index (κ2) is 3.24. The Kier molecular flexibility index (Phi) is 2.08. The minimum atomic E-state index is -0.297. The van der Waals surface area contributed by atoms with Crippen LogP contribution in [0.1, 0.15) is 12.8 Å². The maximum Gasteiger partial charge on any atom is 0.315 e. The number of urea groups is 1. The molecule has 0 aromatic carbocycles. The van der Waals surface area contributed by atoms with Gasteiger partial charge in [-0.05, 0) is 24.3 Å². The highest BCUT2D eigenvalue weighted by molar-refractivity contribution is 5.72. The van der Waals surface area contributed by atoms with Crippen LogP contribution in [0.3, 0.4) is 0 Å². The van der Waals surface area contributed by atoms with Gasteiger partial charge in [0.05, 0.1) is 0 Å². The molecule has 3 heteroatoms. The van der Waals surface area contributed by atoms with Gasteiger partial charge in [0.25, 0.3) is 0 Å². The molecule has 13 heavy (non-hydrogen) atoms. The number of carbonyl (C=O) groups is 1. The van der Waals surface area contributed by atoms with E-state index in [1.54, 1.807) is 4.90 Å². The fourth-order valence-corrected chi connectivity index (χ4v) is 2.01. The molecular formula is C10H14N2O. The van der Waals surface area contributed by atoms with Crippen molar-refractivity contribution in [1.29, 1.82) is 0 Å². The second-order valence-corrected chi connectivity index (χ2v) is 3.65. The minimum absolute atomic E-state index is 0.297. The number of piperidine rings is 1. The fraction of sp³-hybridized carbons (Fsp3) is 0.500. The lowest BCUT2D eigenvalue weighted by molar-refractivity contribution is 0.198. The Hall–Kier alpha value is -1.25. The molecule has 2 amide bonds. The first-order chi connectivity index (χ1) is 6.27. The van der Waals surface area contributed by atoms with E-state index in [4.69, 9.17) is 5.73 Å². The molecular weight excluding hydrogens is 164 g/mol. The van der Waals surface area contributed by atoms with Crippen molar-refractivity contribution in [3.05, 3.63) is 23.8 Å². The molecule has 0 spiro atoms. The number of amides is 2. The average Bonchev–Trinajstić information content (AvgIpc) is 2.17. The molecule has 2 N–H and O–H groups in total. The Bertz CT molecular complexity index is 281. The molecule has 70 valence electrons. The van der Waals surface area contributed by atoms with Gasteiger partial charge in [0.2, 0.25) is 0 Å². The quantitative estimate of drug-likeness (QED) is 0.596. The van der Waals surface area contributed by atoms with E-state index in [1.165, 1.54) is 5.57 Å². The van der Waals surface area contributed by atoms with Crippen LogP contribution >= 0.6 is 0 Å². The highest BCUT2D eigenvalue weighted by Crippen LogP contribution is 2.28. The number of nitrogens with two attached hydrogens (primary N) is 1. The number of hydrogen-bond donors (Lipinski definition) is 1. The summed E-state index contributed by atoms with van der Waals surface area (Å²) in [4.78, 5) is 12.6. The van der Waals surface area contributed by atoms with Crippen molar-refractivity contribution < 1.29 is 4.79 Å². The van der Waals surface area contributed by atoms with Crippen LogP contribution in [0.5, 0.6) is 0 Å². The van der Waals surface area contributed by atoms with Crippen LogP contribution in [-0.2, 0) is 0 Å². The first kappa shape index (κ1) is 8.35. The number of fused-ring (bicyclic) bond motifs is 1. The van der Waals surface area contributed by atoms with E-state index >= 15 is 0 Å². The lowest BCUT2D eigenvalue weighted by Crippen LogP contribution is -2.43. The smallest absolute Gasteiger partial charge is 0.315 e. The van der Waals surface area contributed by atoms with Crippen molar-refractivity contribution in [2.75, 3.05) is 13.1 Å². The molecule has 0 aromatic rings. The molecule has 0 bridgehead atoms. The summed E-state index contributed by atoms with van der Waals surface area (Å²) in [6.45, 7) is 1.54. The van der Waals surface area contributed by atoms with Crippen LogP contribution in [0.15, 0.2) is 23.8 Å². The summed E-state index contributed by atoms with van der Waals surface area (Å²) in [5.74, 6) is 0.653. The van der Waals surface area contributed by atoms with E-state index in [1.807, 2.05) is 0 Å². The SMILES string of the molecule is NC(=O)N1CCC2CC=CC=C2C1. The molecule has 1 aliphatic heterocycles. The zero-order valence-electron chi connectivity index (χ0n) is 7.57. The molecule has 1 heterocycles. The molecule has 1 unspecified atom stereocenters. The summed E-state index contributed by atoms with van der Waals surface area (Å²) in [5.41, 5.74) is 6.58. The van der Waals surface area contributed by atoms with Gasteiger partial charge in [-0.2, -0.15) is 0 Å². The zero-order chi connectivity index (χ0) is 9.26. The third-order valence-electron chi connectivity index (χ3n) is 2.82. The van der Waals surface area contributed by atoms with E-state index in [9.17, 15) is 4.79 Å². The van der Waals surface area contributed by atoms with Crippen LogP contribution in [0.4, 0.5) is 4.79 Å². The number of nitrogens with zero attached hydrogens (tertiary/aromatic N) is 1. The van der Waals surface area contributed by atoms with Gasteiger partial charge >= 0.3 is 6.03 Å². The van der Waals surface area contributed by atoms with E-state index in [-0.39, 0.29) is 6.03 Å². The summed E-state index contributed by atoms with van der Waals surface area (Å²) in [7, 11) is 0. The third-order valence-corrected chi connectivity index (χ3v) is 2.82. The molecule has 1 fully saturated rings. The van der Waals surface area contributed by atoms with Gasteiger partial charge < -0.3 is 10.6 Å². The normalized spacial score (nSPS) is 26.6. The largest absolute Gasteiger partial charge is 0.351 e. The number of likely N-dealkylation sites (tertiary alicyclic amines) is 1. The Morgan fingerprint density at radius 3 is 3.23 bits per heavy atom. The first-order valence-corrected chi connectivity index (χ1v) is 4.67. The zero-order valence-corrected chi connectivity index (χ0v) is 7.57. The maximum atomic E-state index is 10.9. The summed E-state index contributed by atoms with van der Waals surface area (Å²) >= 11 is 0. The van der Waals surface area contributed by atoms with Crippen LogP contribution in [-0.4, -0.2) is 24.0 Å². The van der Waals surface area contributed by atoms with Gasteiger partial charge in [0.1, 0.15) is 0 Å². The number of rotatable bonds is 0. The molecule has 1 aliphatic carbocycles. The van der Waals surface area contributed by atoms with Crippen molar-refractivity contribution in [3.63, 3.8) is 0 Å². The van der Waals surface area contributed by atoms with E-state index in [0.29, 0.717) is 5.92 Å². The summed E-state index contributed by atoms with van der Waals surface area (Å²) in [6, 6.07) is -0.297.